The van der Waals surface area contributed by atoms with Gasteiger partial charge in [0.05, 0.1) is 19.1 Å². The van der Waals surface area contributed by atoms with Crippen LogP contribution in [0.3, 0.4) is 0 Å². The number of benzene rings is 1. The predicted molar refractivity (Wildman–Crippen MR) is 125 cm³/mol. The maximum Gasteiger partial charge on any atom is 0.410 e. The van der Waals surface area contributed by atoms with Crippen molar-refractivity contribution in [2.75, 3.05) is 25.0 Å². The Hall–Kier alpha value is -3.76. The van der Waals surface area contributed by atoms with Crippen LogP contribution < -0.4 is 5.32 Å². The van der Waals surface area contributed by atoms with Crippen molar-refractivity contribution in [2.24, 2.45) is 0 Å². The molecule has 0 bridgehead atoms. The minimum absolute atomic E-state index is 0.0464. The quantitative estimate of drug-likeness (QED) is 0.594. The molecule has 184 valence electrons. The van der Waals surface area contributed by atoms with Crippen LogP contribution in [-0.4, -0.2) is 68.1 Å². The zero-order valence-corrected chi connectivity index (χ0v) is 19.7. The summed E-state index contributed by atoms with van der Waals surface area (Å²) in [6.45, 7) is 6.17. The van der Waals surface area contributed by atoms with Gasteiger partial charge in [0.2, 0.25) is 0 Å². The van der Waals surface area contributed by atoms with Crippen LogP contribution in [0.4, 0.5) is 24.1 Å². The number of aromatic nitrogens is 3. The maximum atomic E-state index is 14.6. The van der Waals surface area contributed by atoms with E-state index in [1.54, 1.807) is 17.3 Å². The second-order valence-electron chi connectivity index (χ2n) is 9.83. The summed E-state index contributed by atoms with van der Waals surface area (Å²) in [5, 5.41) is 7.71. The molecule has 2 aromatic heterocycles. The number of halogens is 2. The zero-order chi connectivity index (χ0) is 24.9. The maximum absolute atomic E-state index is 14.6. The Morgan fingerprint density at radius 2 is 1.97 bits per heavy atom. The van der Waals surface area contributed by atoms with E-state index in [0.29, 0.717) is 23.3 Å². The van der Waals surface area contributed by atoms with Gasteiger partial charge in [0.25, 0.3) is 0 Å². The summed E-state index contributed by atoms with van der Waals surface area (Å²) < 4.78 is 34.5. The third kappa shape index (κ3) is 4.62. The molecular formula is C24H26F2N6O3. The molecule has 2 aliphatic heterocycles. The van der Waals surface area contributed by atoms with Crippen molar-refractivity contribution < 1.29 is 23.1 Å². The second-order valence-corrected chi connectivity index (χ2v) is 9.83. The van der Waals surface area contributed by atoms with Gasteiger partial charge in [0.15, 0.2) is 5.65 Å². The van der Waals surface area contributed by atoms with Crippen LogP contribution in [0.15, 0.2) is 36.7 Å². The SMILES string of the molecule is CC(C)(C)OC(=O)N1CCC1c1cnc2nn(-c3cc(NC(=O)N4CC(F)C4)ccc3F)cc2c1. The van der Waals surface area contributed by atoms with E-state index in [4.69, 9.17) is 4.74 Å². The molecule has 0 radical (unpaired) electrons. The first-order valence-electron chi connectivity index (χ1n) is 11.4. The van der Waals surface area contributed by atoms with Crippen molar-refractivity contribution in [3.05, 3.63) is 48.0 Å². The number of ether oxygens (including phenoxy) is 1. The highest BCUT2D eigenvalue weighted by Crippen LogP contribution is 2.35. The van der Waals surface area contributed by atoms with Gasteiger partial charge in [0, 0.05) is 30.0 Å². The van der Waals surface area contributed by atoms with Crippen LogP contribution in [0.1, 0.15) is 38.8 Å². The van der Waals surface area contributed by atoms with E-state index in [9.17, 15) is 18.4 Å². The number of urea groups is 1. The minimum Gasteiger partial charge on any atom is -0.444 e. The summed E-state index contributed by atoms with van der Waals surface area (Å²) >= 11 is 0. The van der Waals surface area contributed by atoms with E-state index in [-0.39, 0.29) is 30.9 Å². The average Bonchev–Trinajstić information content (AvgIpc) is 3.13. The van der Waals surface area contributed by atoms with Crippen LogP contribution in [0.25, 0.3) is 16.7 Å². The van der Waals surface area contributed by atoms with Crippen LogP contribution in [0, 0.1) is 5.82 Å². The molecule has 9 nitrogen and oxygen atoms in total. The molecule has 35 heavy (non-hydrogen) atoms. The Morgan fingerprint density at radius 1 is 1.20 bits per heavy atom. The normalized spacial score (nSPS) is 18.3. The molecule has 3 aromatic rings. The van der Waals surface area contributed by atoms with Crippen LogP contribution >= 0.6 is 0 Å². The Morgan fingerprint density at radius 3 is 2.63 bits per heavy atom. The molecule has 11 heteroatoms. The molecule has 2 fully saturated rings. The first-order valence-corrected chi connectivity index (χ1v) is 11.4. The number of hydrogen-bond acceptors (Lipinski definition) is 5. The van der Waals surface area contributed by atoms with E-state index in [1.165, 1.54) is 27.8 Å². The molecule has 0 saturated carbocycles. The lowest BCUT2D eigenvalue weighted by Gasteiger charge is -2.41. The van der Waals surface area contributed by atoms with Gasteiger partial charge in [-0.15, -0.1) is 5.10 Å². The molecule has 3 amide bonds. The number of nitrogens with zero attached hydrogens (tertiary/aromatic N) is 5. The zero-order valence-electron chi connectivity index (χ0n) is 19.7. The van der Waals surface area contributed by atoms with Gasteiger partial charge in [-0.1, -0.05) is 0 Å². The Kier molecular flexibility index (Phi) is 5.57. The second kappa shape index (κ2) is 8.47. The highest BCUT2D eigenvalue weighted by atomic mass is 19.1. The van der Waals surface area contributed by atoms with E-state index in [1.807, 2.05) is 26.8 Å². The highest BCUT2D eigenvalue weighted by Gasteiger charge is 2.36. The third-order valence-electron chi connectivity index (χ3n) is 5.98. The van der Waals surface area contributed by atoms with Crippen molar-refractivity contribution in [2.45, 2.75) is 45.0 Å². The molecule has 0 aliphatic carbocycles. The predicted octanol–water partition coefficient (Wildman–Crippen LogP) is 4.43. The first-order chi connectivity index (χ1) is 16.6. The van der Waals surface area contributed by atoms with Gasteiger partial charge in [-0.3, -0.25) is 0 Å². The molecule has 2 aliphatic rings. The standard InChI is InChI=1S/C24H26F2N6O3/c1-24(2,3)35-23(34)31-7-6-19(31)14-8-15-11-32(29-21(15)27-10-14)20-9-17(4-5-18(20)26)28-22(33)30-12-16(25)13-30/h4-5,8-11,16,19H,6-7,12-13H2,1-3H3,(H,28,33). The smallest absolute Gasteiger partial charge is 0.410 e. The number of pyridine rings is 1. The number of nitrogens with one attached hydrogen (secondary N) is 1. The third-order valence-corrected chi connectivity index (χ3v) is 5.98. The van der Waals surface area contributed by atoms with Crippen LogP contribution in [0.2, 0.25) is 0 Å². The summed E-state index contributed by atoms with van der Waals surface area (Å²) in [7, 11) is 0. The number of fused-ring (bicyclic) bond motifs is 1. The summed E-state index contributed by atoms with van der Waals surface area (Å²) in [6.07, 6.45) is 2.73. The number of hydrogen-bond donors (Lipinski definition) is 1. The van der Waals surface area contributed by atoms with E-state index in [0.717, 1.165) is 12.0 Å². The molecule has 5 rings (SSSR count). The fourth-order valence-electron chi connectivity index (χ4n) is 4.07. The number of amides is 3. The van der Waals surface area contributed by atoms with Gasteiger partial charge in [0.1, 0.15) is 23.3 Å². The molecule has 4 heterocycles. The molecule has 1 aromatic carbocycles. The van der Waals surface area contributed by atoms with E-state index in [2.05, 4.69) is 15.4 Å². The van der Waals surface area contributed by atoms with Gasteiger partial charge >= 0.3 is 12.1 Å². The lowest BCUT2D eigenvalue weighted by atomic mass is 9.96. The summed E-state index contributed by atoms with van der Waals surface area (Å²) in [5.41, 5.74) is 1.18. The molecule has 1 atom stereocenters. The number of alkyl halides is 1. The van der Waals surface area contributed by atoms with Gasteiger partial charge in [-0.2, -0.15) is 0 Å². The van der Waals surface area contributed by atoms with Crippen molar-refractivity contribution in [1.29, 1.82) is 0 Å². The summed E-state index contributed by atoms with van der Waals surface area (Å²) in [6, 6.07) is 5.42. The van der Waals surface area contributed by atoms with Crippen molar-refractivity contribution in [3.8, 4) is 5.69 Å². The molecular weight excluding hydrogens is 458 g/mol. The topological polar surface area (TPSA) is 92.6 Å². The van der Waals surface area contributed by atoms with Crippen LogP contribution in [-0.2, 0) is 4.74 Å². The van der Waals surface area contributed by atoms with Gasteiger partial charge in [-0.25, -0.2) is 28.0 Å². The number of likely N-dealkylation sites (tertiary alicyclic amines) is 2. The van der Waals surface area contributed by atoms with Crippen molar-refractivity contribution in [1.82, 2.24) is 24.6 Å². The molecule has 1 N–H and O–H groups in total. The Balaban J connectivity index is 1.36. The number of carbonyl (C=O) groups is 2. The number of carbonyl (C=O) groups excluding carboxylic acids is 2. The molecule has 0 spiro atoms. The lowest BCUT2D eigenvalue weighted by Crippen LogP contribution is -2.53. The monoisotopic (exact) mass is 484 g/mol. The lowest BCUT2D eigenvalue weighted by molar-refractivity contribution is -0.00577. The Labute approximate surface area is 200 Å². The van der Waals surface area contributed by atoms with Crippen LogP contribution in [0.5, 0.6) is 0 Å². The molecule has 1 unspecified atom stereocenters. The van der Waals surface area contributed by atoms with Crippen molar-refractivity contribution >= 4 is 28.8 Å². The molecule has 2 saturated heterocycles. The fourth-order valence-corrected chi connectivity index (χ4v) is 4.07. The average molecular weight is 485 g/mol. The highest BCUT2D eigenvalue weighted by molar-refractivity contribution is 5.90. The fraction of sp³-hybridized carbons (Fsp3) is 0.417. The first kappa shape index (κ1) is 23.0. The number of anilines is 1. The van der Waals surface area contributed by atoms with E-state index >= 15 is 0 Å². The van der Waals surface area contributed by atoms with Crippen molar-refractivity contribution in [3.63, 3.8) is 0 Å². The van der Waals surface area contributed by atoms with E-state index < -0.39 is 23.6 Å². The summed E-state index contributed by atoms with van der Waals surface area (Å²) in [4.78, 5) is 32.1. The van der Waals surface area contributed by atoms with Gasteiger partial charge < -0.3 is 19.9 Å². The minimum atomic E-state index is -1.01. The Bertz CT molecular complexity index is 1300. The van der Waals surface area contributed by atoms with Gasteiger partial charge in [-0.05, 0) is 57.0 Å². The summed E-state index contributed by atoms with van der Waals surface area (Å²) in [5.74, 6) is -0.529. The number of rotatable bonds is 3. The largest absolute Gasteiger partial charge is 0.444 e.